The number of carbonyl (C=O) groups excluding carboxylic acids is 2. The van der Waals surface area contributed by atoms with Crippen molar-refractivity contribution < 1.29 is 23.8 Å². The van der Waals surface area contributed by atoms with Crippen LogP contribution in [0.4, 0.5) is 0 Å². The summed E-state index contributed by atoms with van der Waals surface area (Å²) in [5.74, 6) is -0.260. The van der Waals surface area contributed by atoms with Gasteiger partial charge < -0.3 is 19.5 Å². The Morgan fingerprint density at radius 1 is 0.927 bits per heavy atom. The van der Waals surface area contributed by atoms with Crippen molar-refractivity contribution in [3.05, 3.63) is 123 Å². The molecule has 3 aromatic carbocycles. The minimum atomic E-state index is -0.548. The number of hydrogen-bond donors (Lipinski definition) is 1. The van der Waals surface area contributed by atoms with E-state index in [1.54, 1.807) is 0 Å². The lowest BCUT2D eigenvalue weighted by Gasteiger charge is -2.36. The summed E-state index contributed by atoms with van der Waals surface area (Å²) in [7, 11) is 0. The van der Waals surface area contributed by atoms with Crippen molar-refractivity contribution in [3.63, 3.8) is 0 Å². The van der Waals surface area contributed by atoms with Gasteiger partial charge in [0, 0.05) is 40.9 Å². The first kappa shape index (κ1) is 28.7. The highest BCUT2D eigenvalue weighted by Gasteiger charge is 2.41. The summed E-state index contributed by atoms with van der Waals surface area (Å²) in [5.41, 5.74) is 5.56. The van der Waals surface area contributed by atoms with Crippen LogP contribution in [0.25, 0.3) is 0 Å². The van der Waals surface area contributed by atoms with Gasteiger partial charge in [-0.3, -0.25) is 4.79 Å². The second kappa shape index (κ2) is 13.2. The van der Waals surface area contributed by atoms with Crippen LogP contribution in [0, 0.1) is 0 Å². The quantitative estimate of drug-likeness (QED) is 0.212. The number of benzene rings is 3. The number of ether oxygens (including phenoxy) is 3. The highest BCUT2D eigenvalue weighted by molar-refractivity contribution is 6.30. The van der Waals surface area contributed by atoms with Gasteiger partial charge in [0.15, 0.2) is 5.78 Å². The van der Waals surface area contributed by atoms with Gasteiger partial charge in [-0.25, -0.2) is 4.79 Å². The number of ketones is 1. The Bertz CT molecular complexity index is 1440. The average Bonchev–Trinajstić information content (AvgIpc) is 2.98. The van der Waals surface area contributed by atoms with Crippen LogP contribution in [-0.4, -0.2) is 31.6 Å². The smallest absolute Gasteiger partial charge is 0.336 e. The molecule has 1 aliphatic carbocycles. The molecule has 7 heteroatoms. The average molecular weight is 572 g/mol. The van der Waals surface area contributed by atoms with Gasteiger partial charge in [-0.1, -0.05) is 66.2 Å². The van der Waals surface area contributed by atoms with Crippen molar-refractivity contribution in [2.24, 2.45) is 0 Å². The number of Topliss-reactive ketones (excluding diaryl/α,β-unsaturated/α-hetero) is 1. The predicted octanol–water partition coefficient (Wildman–Crippen LogP) is 6.86. The van der Waals surface area contributed by atoms with Gasteiger partial charge in [-0.2, -0.15) is 0 Å². The molecule has 6 nitrogen and oxygen atoms in total. The zero-order valence-corrected chi connectivity index (χ0v) is 24.1. The number of rotatable bonds is 10. The van der Waals surface area contributed by atoms with Crippen LogP contribution in [-0.2, 0) is 25.7 Å². The molecule has 0 saturated carbocycles. The Balaban J connectivity index is 1.44. The van der Waals surface area contributed by atoms with E-state index in [1.165, 1.54) is 0 Å². The fourth-order valence-electron chi connectivity index (χ4n) is 5.53. The third-order valence-electron chi connectivity index (χ3n) is 7.52. The summed E-state index contributed by atoms with van der Waals surface area (Å²) in [4.78, 5) is 27.3. The summed E-state index contributed by atoms with van der Waals surface area (Å²) in [5, 5.41) is 4.06. The number of nitrogens with one attached hydrogen (secondary N) is 1. The SMILES string of the molecule is CCOCCOC(=O)C1=C(C)NC2=C(C(=O)CC(c3ccc(Cl)cc3)C2)C1c1ccc(OCc2ccccc2)cc1. The van der Waals surface area contributed by atoms with Gasteiger partial charge in [0.2, 0.25) is 0 Å². The van der Waals surface area contributed by atoms with Crippen molar-refractivity contribution in [1.29, 1.82) is 0 Å². The summed E-state index contributed by atoms with van der Waals surface area (Å²) in [6.45, 7) is 5.20. The largest absolute Gasteiger partial charge is 0.489 e. The second-order valence-electron chi connectivity index (χ2n) is 10.2. The maximum atomic E-state index is 13.8. The number of dihydropyridines is 1. The Labute approximate surface area is 246 Å². The summed E-state index contributed by atoms with van der Waals surface area (Å²) < 4.78 is 16.9. The van der Waals surface area contributed by atoms with Crippen molar-refractivity contribution in [2.75, 3.05) is 19.8 Å². The number of carbonyl (C=O) groups is 2. The molecule has 41 heavy (non-hydrogen) atoms. The minimum Gasteiger partial charge on any atom is -0.489 e. The Morgan fingerprint density at radius 2 is 1.63 bits per heavy atom. The summed E-state index contributed by atoms with van der Waals surface area (Å²) in [6, 6.07) is 25.3. The second-order valence-corrected chi connectivity index (χ2v) is 10.7. The number of hydrogen-bond acceptors (Lipinski definition) is 6. The van der Waals surface area contributed by atoms with E-state index in [0.29, 0.717) is 60.3 Å². The van der Waals surface area contributed by atoms with Crippen molar-refractivity contribution in [2.45, 2.75) is 45.1 Å². The molecule has 1 heterocycles. The molecule has 0 bridgehead atoms. The maximum Gasteiger partial charge on any atom is 0.336 e. The molecular weight excluding hydrogens is 538 g/mol. The predicted molar refractivity (Wildman–Crippen MR) is 159 cm³/mol. The van der Waals surface area contributed by atoms with E-state index >= 15 is 0 Å². The lowest BCUT2D eigenvalue weighted by Crippen LogP contribution is -2.36. The van der Waals surface area contributed by atoms with E-state index < -0.39 is 11.9 Å². The van der Waals surface area contributed by atoms with Gasteiger partial charge in [0.25, 0.3) is 0 Å². The molecule has 0 amide bonds. The van der Waals surface area contributed by atoms with Crippen molar-refractivity contribution >= 4 is 23.4 Å². The molecule has 0 radical (unpaired) electrons. The number of halogens is 1. The highest BCUT2D eigenvalue weighted by atomic mass is 35.5. The lowest BCUT2D eigenvalue weighted by molar-refractivity contribution is -0.140. The number of allylic oxidation sites excluding steroid dienone is 3. The zero-order chi connectivity index (χ0) is 28.8. The molecule has 212 valence electrons. The Morgan fingerprint density at radius 3 is 2.34 bits per heavy atom. The van der Waals surface area contributed by atoms with Gasteiger partial charge in [0.05, 0.1) is 12.2 Å². The molecular formula is C34H34ClNO5. The third-order valence-corrected chi connectivity index (χ3v) is 7.77. The first-order chi connectivity index (χ1) is 19.9. The first-order valence-electron chi connectivity index (χ1n) is 14.0. The molecule has 1 N–H and O–H groups in total. The molecule has 2 aliphatic rings. The molecule has 1 aliphatic heterocycles. The standard InChI is InChI=1S/C34H34ClNO5/c1-3-39-17-18-40-34(38)31-22(2)36-29-19-26(24-9-13-27(35)14-10-24)20-30(37)33(29)32(31)25-11-15-28(16-12-25)41-21-23-7-5-4-6-8-23/h4-16,26,32,36H,3,17-21H2,1-2H3. The third kappa shape index (κ3) is 6.72. The molecule has 2 atom stereocenters. The fourth-order valence-corrected chi connectivity index (χ4v) is 5.65. The van der Waals surface area contributed by atoms with E-state index in [1.807, 2.05) is 92.7 Å². The van der Waals surface area contributed by atoms with E-state index in [-0.39, 0.29) is 18.3 Å². The normalized spacial score (nSPS) is 18.6. The van der Waals surface area contributed by atoms with E-state index in [9.17, 15) is 9.59 Å². The summed E-state index contributed by atoms with van der Waals surface area (Å²) in [6.07, 6.45) is 1.00. The monoisotopic (exact) mass is 571 g/mol. The van der Waals surface area contributed by atoms with Gasteiger partial charge in [0.1, 0.15) is 19.0 Å². The molecule has 2 unspecified atom stereocenters. The lowest BCUT2D eigenvalue weighted by atomic mass is 9.72. The number of esters is 1. The van der Waals surface area contributed by atoms with Gasteiger partial charge >= 0.3 is 5.97 Å². The summed E-state index contributed by atoms with van der Waals surface area (Å²) >= 11 is 6.10. The first-order valence-corrected chi connectivity index (χ1v) is 14.3. The van der Waals surface area contributed by atoms with Crippen LogP contribution in [0.5, 0.6) is 5.75 Å². The molecule has 0 spiro atoms. The van der Waals surface area contributed by atoms with E-state index in [4.69, 9.17) is 25.8 Å². The Kier molecular flexibility index (Phi) is 9.22. The van der Waals surface area contributed by atoms with Crippen LogP contribution < -0.4 is 10.1 Å². The van der Waals surface area contributed by atoms with Crippen molar-refractivity contribution in [3.8, 4) is 5.75 Å². The zero-order valence-electron chi connectivity index (χ0n) is 23.3. The topological polar surface area (TPSA) is 73.9 Å². The Hall–Kier alpha value is -3.87. The molecule has 0 fully saturated rings. The van der Waals surface area contributed by atoms with Crippen LogP contribution in [0.2, 0.25) is 5.02 Å². The van der Waals surface area contributed by atoms with Gasteiger partial charge in [-0.05, 0) is 67.1 Å². The minimum absolute atomic E-state index is 0.0141. The van der Waals surface area contributed by atoms with Gasteiger partial charge in [-0.15, -0.1) is 0 Å². The highest BCUT2D eigenvalue weighted by Crippen LogP contribution is 2.46. The molecule has 3 aromatic rings. The molecule has 5 rings (SSSR count). The van der Waals surface area contributed by atoms with Crippen LogP contribution in [0.1, 0.15) is 55.2 Å². The van der Waals surface area contributed by atoms with E-state index in [2.05, 4.69) is 5.32 Å². The van der Waals surface area contributed by atoms with Crippen LogP contribution in [0.3, 0.4) is 0 Å². The van der Waals surface area contributed by atoms with E-state index in [0.717, 1.165) is 22.4 Å². The molecule has 0 saturated heterocycles. The molecule has 0 aromatic heterocycles. The van der Waals surface area contributed by atoms with Crippen LogP contribution in [0.15, 0.2) is 101 Å². The van der Waals surface area contributed by atoms with Crippen LogP contribution >= 0.6 is 11.6 Å². The van der Waals surface area contributed by atoms with Crippen molar-refractivity contribution in [1.82, 2.24) is 5.32 Å². The fraction of sp³-hybridized carbons (Fsp3) is 0.294. The maximum absolute atomic E-state index is 13.8.